The van der Waals surface area contributed by atoms with Crippen molar-refractivity contribution >= 4 is 17.4 Å². The Kier molecular flexibility index (Phi) is 5.64. The summed E-state index contributed by atoms with van der Waals surface area (Å²) in [7, 11) is 0. The first-order valence-electron chi connectivity index (χ1n) is 9.88. The van der Waals surface area contributed by atoms with Crippen LogP contribution in [0.4, 0.5) is 14.5 Å². The molecule has 1 amide bonds. The molecule has 0 unspecified atom stereocenters. The number of aryl methyl sites for hydroxylation is 1. The average molecular weight is 431 g/mol. The van der Waals surface area contributed by atoms with Crippen LogP contribution in [0.15, 0.2) is 72.8 Å². The summed E-state index contributed by atoms with van der Waals surface area (Å²) in [5, 5.41) is 7.04. The van der Waals surface area contributed by atoms with Crippen LogP contribution in [0.3, 0.4) is 0 Å². The van der Waals surface area contributed by atoms with Crippen molar-refractivity contribution in [1.82, 2.24) is 9.78 Å². The van der Waals surface area contributed by atoms with E-state index in [9.17, 15) is 18.4 Å². The smallest absolute Gasteiger partial charge is 0.259 e. The Morgan fingerprint density at radius 1 is 0.875 bits per heavy atom. The van der Waals surface area contributed by atoms with Crippen LogP contribution in [0.1, 0.15) is 37.7 Å². The highest BCUT2D eigenvalue weighted by Gasteiger charge is 2.21. The van der Waals surface area contributed by atoms with Gasteiger partial charge in [-0.1, -0.05) is 42.5 Å². The van der Waals surface area contributed by atoms with Crippen LogP contribution in [-0.2, 0) is 0 Å². The molecule has 0 saturated heterocycles. The van der Waals surface area contributed by atoms with Crippen molar-refractivity contribution in [3.05, 3.63) is 113 Å². The Morgan fingerprint density at radius 3 is 2.31 bits per heavy atom. The molecule has 3 aromatic carbocycles. The molecule has 160 valence electrons. The molecule has 0 radical (unpaired) electrons. The predicted octanol–water partition coefficient (Wildman–Crippen LogP) is 5.25. The predicted molar refractivity (Wildman–Crippen MR) is 117 cm³/mol. The Bertz CT molecular complexity index is 1330. The summed E-state index contributed by atoms with van der Waals surface area (Å²) in [5.41, 5.74) is 2.53. The van der Waals surface area contributed by atoms with Crippen molar-refractivity contribution in [2.24, 2.45) is 0 Å². The van der Waals surface area contributed by atoms with Gasteiger partial charge in [0.2, 0.25) is 0 Å². The molecular formula is C25H19F2N3O2. The highest BCUT2D eigenvalue weighted by atomic mass is 19.1. The summed E-state index contributed by atoms with van der Waals surface area (Å²) in [4.78, 5) is 25.7. The SMILES string of the molecule is Cc1nn(-c2ccc(F)cc2F)c(C)c1C(=O)Nc1cccc(C(=O)c2ccccc2)c1. The van der Waals surface area contributed by atoms with Crippen molar-refractivity contribution < 1.29 is 18.4 Å². The molecule has 0 atom stereocenters. The Morgan fingerprint density at radius 2 is 1.59 bits per heavy atom. The van der Waals surface area contributed by atoms with E-state index in [1.165, 1.54) is 10.7 Å². The molecule has 7 heteroatoms. The van der Waals surface area contributed by atoms with E-state index in [1.54, 1.807) is 62.4 Å². The lowest BCUT2D eigenvalue weighted by Crippen LogP contribution is -2.15. The number of amides is 1. The zero-order valence-corrected chi connectivity index (χ0v) is 17.4. The summed E-state index contributed by atoms with van der Waals surface area (Å²) in [6.45, 7) is 3.27. The van der Waals surface area contributed by atoms with Crippen molar-refractivity contribution in [3.63, 3.8) is 0 Å². The van der Waals surface area contributed by atoms with Gasteiger partial charge in [0.05, 0.1) is 17.0 Å². The van der Waals surface area contributed by atoms with Crippen LogP contribution < -0.4 is 5.32 Å². The van der Waals surface area contributed by atoms with Gasteiger partial charge in [-0.25, -0.2) is 13.5 Å². The number of hydrogen-bond acceptors (Lipinski definition) is 3. The van der Waals surface area contributed by atoms with Gasteiger partial charge in [-0.2, -0.15) is 5.10 Å². The number of ketones is 1. The second kappa shape index (κ2) is 8.55. The minimum atomic E-state index is -0.783. The summed E-state index contributed by atoms with van der Waals surface area (Å²) in [6, 6.07) is 18.6. The summed E-state index contributed by atoms with van der Waals surface area (Å²) >= 11 is 0. The Labute approximate surface area is 183 Å². The largest absolute Gasteiger partial charge is 0.322 e. The van der Waals surface area contributed by atoms with E-state index in [2.05, 4.69) is 10.4 Å². The summed E-state index contributed by atoms with van der Waals surface area (Å²) < 4.78 is 28.8. The van der Waals surface area contributed by atoms with E-state index in [0.717, 1.165) is 12.1 Å². The zero-order chi connectivity index (χ0) is 22.8. The number of nitrogens with zero attached hydrogens (tertiary/aromatic N) is 2. The minimum absolute atomic E-state index is 0.0431. The van der Waals surface area contributed by atoms with E-state index in [1.807, 2.05) is 6.07 Å². The number of rotatable bonds is 5. The van der Waals surface area contributed by atoms with Crippen LogP contribution in [0.2, 0.25) is 0 Å². The highest BCUT2D eigenvalue weighted by Crippen LogP contribution is 2.22. The number of benzene rings is 3. The van der Waals surface area contributed by atoms with Crippen molar-refractivity contribution in [2.45, 2.75) is 13.8 Å². The molecule has 0 fully saturated rings. The maximum atomic E-state index is 14.2. The third-order valence-corrected chi connectivity index (χ3v) is 5.07. The molecule has 0 spiro atoms. The van der Waals surface area contributed by atoms with Gasteiger partial charge in [-0.3, -0.25) is 9.59 Å². The number of halogens is 2. The quantitative estimate of drug-likeness (QED) is 0.439. The molecule has 0 saturated carbocycles. The van der Waals surface area contributed by atoms with Gasteiger partial charge >= 0.3 is 0 Å². The lowest BCUT2D eigenvalue weighted by molar-refractivity contribution is 0.102. The number of carbonyl (C=O) groups excluding carboxylic acids is 2. The molecule has 5 nitrogen and oxygen atoms in total. The van der Waals surface area contributed by atoms with Gasteiger partial charge in [0.15, 0.2) is 11.6 Å². The lowest BCUT2D eigenvalue weighted by atomic mass is 10.0. The van der Waals surface area contributed by atoms with Gasteiger partial charge in [0, 0.05) is 22.9 Å². The topological polar surface area (TPSA) is 64.0 Å². The molecule has 4 rings (SSSR count). The fourth-order valence-corrected chi connectivity index (χ4v) is 3.55. The lowest BCUT2D eigenvalue weighted by Gasteiger charge is -2.09. The first-order valence-corrected chi connectivity index (χ1v) is 9.88. The molecule has 0 bridgehead atoms. The second-order valence-electron chi connectivity index (χ2n) is 7.28. The summed E-state index contributed by atoms with van der Waals surface area (Å²) in [5.74, 6) is -2.09. The maximum Gasteiger partial charge on any atom is 0.259 e. The number of hydrogen-bond donors (Lipinski definition) is 1. The van der Waals surface area contributed by atoms with Crippen LogP contribution >= 0.6 is 0 Å². The van der Waals surface area contributed by atoms with E-state index >= 15 is 0 Å². The molecule has 1 aromatic heterocycles. The third-order valence-electron chi connectivity index (χ3n) is 5.07. The van der Waals surface area contributed by atoms with Crippen LogP contribution in [0.5, 0.6) is 0 Å². The van der Waals surface area contributed by atoms with Gasteiger partial charge < -0.3 is 5.32 Å². The van der Waals surface area contributed by atoms with E-state index in [0.29, 0.717) is 28.2 Å². The molecule has 1 heterocycles. The van der Waals surface area contributed by atoms with Crippen molar-refractivity contribution in [1.29, 1.82) is 0 Å². The van der Waals surface area contributed by atoms with Gasteiger partial charge in [0.25, 0.3) is 5.91 Å². The van der Waals surface area contributed by atoms with Crippen LogP contribution in [0.25, 0.3) is 5.69 Å². The molecule has 0 aliphatic rings. The molecule has 4 aromatic rings. The average Bonchev–Trinajstić information content (AvgIpc) is 3.07. The van der Waals surface area contributed by atoms with Gasteiger partial charge in [-0.15, -0.1) is 0 Å². The molecule has 32 heavy (non-hydrogen) atoms. The second-order valence-corrected chi connectivity index (χ2v) is 7.28. The van der Waals surface area contributed by atoms with E-state index in [-0.39, 0.29) is 17.0 Å². The number of anilines is 1. The number of carbonyl (C=O) groups is 2. The van der Waals surface area contributed by atoms with Crippen LogP contribution in [-0.4, -0.2) is 21.5 Å². The normalized spacial score (nSPS) is 10.8. The van der Waals surface area contributed by atoms with Crippen molar-refractivity contribution in [3.8, 4) is 5.69 Å². The first kappa shape index (κ1) is 21.1. The van der Waals surface area contributed by atoms with Crippen LogP contribution in [0, 0.1) is 25.5 Å². The van der Waals surface area contributed by atoms with Gasteiger partial charge in [0.1, 0.15) is 11.5 Å². The minimum Gasteiger partial charge on any atom is -0.322 e. The van der Waals surface area contributed by atoms with E-state index < -0.39 is 17.5 Å². The fraction of sp³-hybridized carbons (Fsp3) is 0.0800. The summed E-state index contributed by atoms with van der Waals surface area (Å²) in [6.07, 6.45) is 0. The monoisotopic (exact) mass is 431 g/mol. The standard InChI is InChI=1S/C25H19F2N3O2/c1-15-23(16(2)30(29-15)22-12-11-19(26)14-21(22)27)25(32)28-20-10-6-9-18(13-20)24(31)17-7-4-3-5-8-17/h3-14H,1-2H3,(H,28,32). The van der Waals surface area contributed by atoms with Crippen molar-refractivity contribution in [2.75, 3.05) is 5.32 Å². The molecule has 1 N–H and O–H groups in total. The molecule has 0 aliphatic carbocycles. The highest BCUT2D eigenvalue weighted by molar-refractivity contribution is 6.10. The molecular weight excluding hydrogens is 412 g/mol. The fourth-order valence-electron chi connectivity index (χ4n) is 3.55. The Hall–Kier alpha value is -4.13. The Balaban J connectivity index is 1.61. The number of aromatic nitrogens is 2. The number of nitrogens with one attached hydrogen (secondary N) is 1. The zero-order valence-electron chi connectivity index (χ0n) is 17.4. The third kappa shape index (κ3) is 4.05. The van der Waals surface area contributed by atoms with Gasteiger partial charge in [-0.05, 0) is 38.1 Å². The maximum absolute atomic E-state index is 14.2. The first-order chi connectivity index (χ1) is 15.3. The molecule has 0 aliphatic heterocycles. The van der Waals surface area contributed by atoms with E-state index in [4.69, 9.17) is 0 Å².